The summed E-state index contributed by atoms with van der Waals surface area (Å²) >= 11 is 0. The van der Waals surface area contributed by atoms with Crippen LogP contribution in [-0.4, -0.2) is 47.8 Å². The van der Waals surface area contributed by atoms with Gasteiger partial charge in [0.1, 0.15) is 11.6 Å². The molecule has 0 amide bonds. The van der Waals surface area contributed by atoms with Gasteiger partial charge in [0.15, 0.2) is 5.82 Å². The van der Waals surface area contributed by atoms with Crippen LogP contribution in [0.1, 0.15) is 63.3 Å². The standard InChI is InChI=1S/C21H33N5/c1-4-18-19(13-22)21(24-23-20(18)5-2)26-10-6-7-17(15-26)14-25-11-8-16(3)9-12-25/h16-17H,4-12,14-15H2,1-3H3. The van der Waals surface area contributed by atoms with Crippen molar-refractivity contribution < 1.29 is 0 Å². The van der Waals surface area contributed by atoms with E-state index in [-0.39, 0.29) is 0 Å². The molecule has 26 heavy (non-hydrogen) atoms. The first kappa shape index (κ1) is 19.1. The van der Waals surface area contributed by atoms with Crippen molar-refractivity contribution in [2.24, 2.45) is 11.8 Å². The molecule has 142 valence electrons. The lowest BCUT2D eigenvalue weighted by Crippen LogP contribution is -2.43. The van der Waals surface area contributed by atoms with Crippen LogP contribution in [0.4, 0.5) is 5.82 Å². The summed E-state index contributed by atoms with van der Waals surface area (Å²) in [5, 5.41) is 18.7. The topological polar surface area (TPSA) is 56.1 Å². The van der Waals surface area contributed by atoms with E-state index in [2.05, 4.69) is 46.8 Å². The summed E-state index contributed by atoms with van der Waals surface area (Å²) in [6.45, 7) is 12.2. The zero-order chi connectivity index (χ0) is 18.5. The molecule has 2 fully saturated rings. The third-order valence-electron chi connectivity index (χ3n) is 6.15. The Bertz CT molecular complexity index is 643. The van der Waals surface area contributed by atoms with E-state index in [1.165, 1.54) is 45.3 Å². The summed E-state index contributed by atoms with van der Waals surface area (Å²) in [7, 11) is 0. The van der Waals surface area contributed by atoms with Crippen LogP contribution >= 0.6 is 0 Å². The van der Waals surface area contributed by atoms with E-state index in [4.69, 9.17) is 0 Å². The highest BCUT2D eigenvalue weighted by Crippen LogP contribution is 2.28. The van der Waals surface area contributed by atoms with E-state index < -0.39 is 0 Å². The zero-order valence-electron chi connectivity index (χ0n) is 16.7. The highest BCUT2D eigenvalue weighted by atomic mass is 15.3. The summed E-state index contributed by atoms with van der Waals surface area (Å²) in [5.74, 6) is 2.37. The number of piperidine rings is 2. The molecule has 3 rings (SSSR count). The molecule has 0 saturated carbocycles. The average molecular weight is 356 g/mol. The number of rotatable bonds is 5. The average Bonchev–Trinajstić information content (AvgIpc) is 2.68. The summed E-state index contributed by atoms with van der Waals surface area (Å²) in [6, 6.07) is 2.43. The van der Waals surface area contributed by atoms with Crippen molar-refractivity contribution in [1.82, 2.24) is 15.1 Å². The Morgan fingerprint density at radius 1 is 1.08 bits per heavy atom. The van der Waals surface area contributed by atoms with Gasteiger partial charge in [0, 0.05) is 19.6 Å². The predicted octanol–water partition coefficient (Wildman–Crippen LogP) is 3.42. The van der Waals surface area contributed by atoms with Crippen molar-refractivity contribution in [3.63, 3.8) is 0 Å². The van der Waals surface area contributed by atoms with Crippen LogP contribution in [0.3, 0.4) is 0 Å². The fourth-order valence-corrected chi connectivity index (χ4v) is 4.52. The van der Waals surface area contributed by atoms with Gasteiger partial charge in [-0.3, -0.25) is 0 Å². The molecule has 1 aromatic rings. The molecule has 2 aliphatic rings. The minimum Gasteiger partial charge on any atom is -0.354 e. The Balaban J connectivity index is 1.72. The molecule has 0 bridgehead atoms. The summed E-state index contributed by atoms with van der Waals surface area (Å²) in [5.41, 5.74) is 2.82. The van der Waals surface area contributed by atoms with Gasteiger partial charge in [-0.2, -0.15) is 10.4 Å². The van der Waals surface area contributed by atoms with E-state index in [0.29, 0.717) is 5.92 Å². The SMILES string of the molecule is CCc1nnc(N2CCCC(CN3CCC(C)CC3)C2)c(C#N)c1CC. The minimum atomic E-state index is 0.668. The molecule has 0 aliphatic carbocycles. The van der Waals surface area contributed by atoms with Gasteiger partial charge in [0.25, 0.3) is 0 Å². The summed E-state index contributed by atoms with van der Waals surface area (Å²) in [6.07, 6.45) is 6.81. The number of aromatic nitrogens is 2. The van der Waals surface area contributed by atoms with E-state index in [0.717, 1.165) is 54.5 Å². The maximum Gasteiger partial charge on any atom is 0.169 e. The third kappa shape index (κ3) is 4.17. The first-order chi connectivity index (χ1) is 12.7. The molecule has 2 aliphatic heterocycles. The van der Waals surface area contributed by atoms with E-state index in [9.17, 15) is 5.26 Å². The maximum absolute atomic E-state index is 9.78. The number of aryl methyl sites for hydroxylation is 1. The lowest BCUT2D eigenvalue weighted by Gasteiger charge is -2.38. The first-order valence-electron chi connectivity index (χ1n) is 10.4. The van der Waals surface area contributed by atoms with Crippen LogP contribution in [0.15, 0.2) is 0 Å². The summed E-state index contributed by atoms with van der Waals surface area (Å²) < 4.78 is 0. The normalized spacial score (nSPS) is 22.4. The quantitative estimate of drug-likeness (QED) is 0.810. The van der Waals surface area contributed by atoms with Crippen LogP contribution in [0.5, 0.6) is 0 Å². The van der Waals surface area contributed by atoms with E-state index >= 15 is 0 Å². The molecule has 2 saturated heterocycles. The van der Waals surface area contributed by atoms with Crippen LogP contribution in [0.2, 0.25) is 0 Å². The van der Waals surface area contributed by atoms with E-state index in [1.54, 1.807) is 0 Å². The molecule has 1 unspecified atom stereocenters. The number of hydrogen-bond donors (Lipinski definition) is 0. The number of anilines is 1. The van der Waals surface area contributed by atoms with Crippen LogP contribution in [-0.2, 0) is 12.8 Å². The van der Waals surface area contributed by atoms with Crippen molar-refractivity contribution in [3.05, 3.63) is 16.8 Å². The number of nitrogens with zero attached hydrogens (tertiary/aromatic N) is 5. The molecule has 0 radical (unpaired) electrons. The molecule has 5 nitrogen and oxygen atoms in total. The van der Waals surface area contributed by atoms with Gasteiger partial charge in [-0.05, 0) is 69.0 Å². The van der Waals surface area contributed by atoms with Crippen molar-refractivity contribution in [2.75, 3.05) is 37.6 Å². The molecule has 0 N–H and O–H groups in total. The second kappa shape index (κ2) is 8.81. The smallest absolute Gasteiger partial charge is 0.169 e. The Hall–Kier alpha value is -1.67. The Labute approximate surface area is 158 Å². The molecule has 0 aromatic carbocycles. The Morgan fingerprint density at radius 2 is 1.85 bits per heavy atom. The maximum atomic E-state index is 9.78. The van der Waals surface area contributed by atoms with Crippen LogP contribution < -0.4 is 4.90 Å². The largest absolute Gasteiger partial charge is 0.354 e. The molecule has 3 heterocycles. The molecule has 5 heteroatoms. The third-order valence-corrected chi connectivity index (χ3v) is 6.15. The second-order valence-electron chi connectivity index (χ2n) is 8.08. The van der Waals surface area contributed by atoms with Crippen molar-refractivity contribution in [3.8, 4) is 6.07 Å². The van der Waals surface area contributed by atoms with Gasteiger partial charge < -0.3 is 9.80 Å². The number of hydrogen-bond acceptors (Lipinski definition) is 5. The highest BCUT2D eigenvalue weighted by Gasteiger charge is 2.27. The lowest BCUT2D eigenvalue weighted by molar-refractivity contribution is 0.159. The van der Waals surface area contributed by atoms with Crippen LogP contribution in [0, 0.1) is 23.2 Å². The Morgan fingerprint density at radius 3 is 2.50 bits per heavy atom. The molecule has 1 aromatic heterocycles. The van der Waals surface area contributed by atoms with Gasteiger partial charge in [-0.15, -0.1) is 5.10 Å². The Kier molecular flexibility index (Phi) is 6.48. The summed E-state index contributed by atoms with van der Waals surface area (Å²) in [4.78, 5) is 4.97. The fourth-order valence-electron chi connectivity index (χ4n) is 4.52. The van der Waals surface area contributed by atoms with Crippen molar-refractivity contribution in [1.29, 1.82) is 5.26 Å². The minimum absolute atomic E-state index is 0.668. The fraction of sp³-hybridized carbons (Fsp3) is 0.762. The number of nitriles is 1. The molecule has 1 atom stereocenters. The zero-order valence-corrected chi connectivity index (χ0v) is 16.7. The van der Waals surface area contributed by atoms with Gasteiger partial charge in [-0.1, -0.05) is 20.8 Å². The molecule has 0 spiro atoms. The molecular formula is C21H33N5. The second-order valence-corrected chi connectivity index (χ2v) is 8.08. The van der Waals surface area contributed by atoms with Crippen molar-refractivity contribution in [2.45, 2.75) is 59.3 Å². The highest BCUT2D eigenvalue weighted by molar-refractivity contribution is 5.58. The molecular weight excluding hydrogens is 322 g/mol. The predicted molar refractivity (Wildman–Crippen MR) is 105 cm³/mol. The van der Waals surface area contributed by atoms with Gasteiger partial charge >= 0.3 is 0 Å². The van der Waals surface area contributed by atoms with Gasteiger partial charge in [0.05, 0.1) is 5.69 Å². The van der Waals surface area contributed by atoms with E-state index in [1.807, 2.05) is 0 Å². The lowest BCUT2D eigenvalue weighted by atomic mass is 9.94. The van der Waals surface area contributed by atoms with Crippen LogP contribution in [0.25, 0.3) is 0 Å². The monoisotopic (exact) mass is 355 g/mol. The van der Waals surface area contributed by atoms with Crippen molar-refractivity contribution >= 4 is 5.82 Å². The van der Waals surface area contributed by atoms with Gasteiger partial charge in [-0.25, -0.2) is 0 Å². The number of likely N-dealkylation sites (tertiary alicyclic amines) is 1. The van der Waals surface area contributed by atoms with Gasteiger partial charge in [0.2, 0.25) is 0 Å². The first-order valence-corrected chi connectivity index (χ1v) is 10.4.